The third kappa shape index (κ3) is 1.72. The van der Waals surface area contributed by atoms with Crippen LogP contribution in [0.15, 0.2) is 53.6 Å². The van der Waals surface area contributed by atoms with Gasteiger partial charge in [-0.3, -0.25) is 10.2 Å². The molecule has 0 aliphatic carbocycles. The monoisotopic (exact) mass is 293 g/mol. The van der Waals surface area contributed by atoms with Gasteiger partial charge in [0.05, 0.1) is 12.8 Å². The molecule has 5 heteroatoms. The lowest BCUT2D eigenvalue weighted by atomic mass is 9.86. The molecule has 2 heterocycles. The summed E-state index contributed by atoms with van der Waals surface area (Å²) in [6.07, 6.45) is 0.517. The largest absolute Gasteiger partial charge is 0.497 e. The predicted molar refractivity (Wildman–Crippen MR) is 84.0 cm³/mol. The Bertz CT molecular complexity index is 800. The first kappa shape index (κ1) is 12.9. The molecular weight excluding hydrogens is 278 g/mol. The van der Waals surface area contributed by atoms with Gasteiger partial charge in [0.25, 0.3) is 5.91 Å². The van der Waals surface area contributed by atoms with Crippen molar-refractivity contribution in [2.75, 3.05) is 12.4 Å². The lowest BCUT2D eigenvalue weighted by molar-refractivity contribution is -0.121. The summed E-state index contributed by atoms with van der Waals surface area (Å²) < 4.78 is 5.25. The Hall–Kier alpha value is -2.82. The summed E-state index contributed by atoms with van der Waals surface area (Å²) in [6, 6.07) is 15.4. The van der Waals surface area contributed by atoms with E-state index in [1.165, 1.54) is 0 Å². The van der Waals surface area contributed by atoms with Crippen molar-refractivity contribution in [1.29, 1.82) is 0 Å². The molecule has 2 aliphatic rings. The van der Waals surface area contributed by atoms with Gasteiger partial charge in [0, 0.05) is 23.2 Å². The van der Waals surface area contributed by atoms with E-state index in [9.17, 15) is 4.79 Å². The van der Waals surface area contributed by atoms with Crippen LogP contribution in [0.2, 0.25) is 0 Å². The molecule has 0 saturated heterocycles. The van der Waals surface area contributed by atoms with Crippen LogP contribution in [0.25, 0.3) is 0 Å². The fourth-order valence-corrected chi connectivity index (χ4v) is 3.06. The Kier molecular flexibility index (Phi) is 2.69. The maximum atomic E-state index is 12.5. The summed E-state index contributed by atoms with van der Waals surface area (Å²) in [5.74, 6) is 0.716. The van der Waals surface area contributed by atoms with E-state index in [0.29, 0.717) is 6.42 Å². The summed E-state index contributed by atoms with van der Waals surface area (Å²) in [5.41, 5.74) is 5.87. The van der Waals surface area contributed by atoms with Gasteiger partial charge in [-0.25, -0.2) is 0 Å². The third-order valence-electron chi connectivity index (χ3n) is 4.24. The van der Waals surface area contributed by atoms with Crippen molar-refractivity contribution in [3.63, 3.8) is 0 Å². The zero-order valence-corrected chi connectivity index (χ0v) is 12.1. The minimum Gasteiger partial charge on any atom is -0.497 e. The molecule has 1 atom stereocenters. The number of para-hydroxylation sites is 1. The van der Waals surface area contributed by atoms with Crippen molar-refractivity contribution in [3.05, 3.63) is 59.7 Å². The van der Waals surface area contributed by atoms with E-state index in [4.69, 9.17) is 4.74 Å². The molecule has 2 aliphatic heterocycles. The summed E-state index contributed by atoms with van der Waals surface area (Å²) >= 11 is 0. The molecule has 0 saturated carbocycles. The lowest BCUT2D eigenvalue weighted by Gasteiger charge is -2.20. The van der Waals surface area contributed by atoms with Gasteiger partial charge in [0.15, 0.2) is 5.54 Å². The number of ether oxygens (including phenoxy) is 1. The molecule has 0 fully saturated rings. The number of rotatable bonds is 2. The number of nitrogens with one attached hydrogen (secondary N) is 2. The molecule has 0 aromatic heterocycles. The van der Waals surface area contributed by atoms with E-state index >= 15 is 0 Å². The summed E-state index contributed by atoms with van der Waals surface area (Å²) in [6.45, 7) is 0. The van der Waals surface area contributed by atoms with E-state index in [2.05, 4.69) is 15.8 Å². The molecule has 2 aromatic carbocycles. The predicted octanol–water partition coefficient (Wildman–Crippen LogP) is 2.24. The van der Waals surface area contributed by atoms with Crippen LogP contribution in [0.1, 0.15) is 17.5 Å². The topological polar surface area (TPSA) is 62.7 Å². The molecule has 2 N–H and O–H groups in total. The van der Waals surface area contributed by atoms with Crippen molar-refractivity contribution in [2.24, 2.45) is 5.10 Å². The normalized spacial score (nSPS) is 22.0. The number of carbonyl (C=O) groups is 1. The average molecular weight is 293 g/mol. The first-order valence-corrected chi connectivity index (χ1v) is 7.12. The van der Waals surface area contributed by atoms with Crippen LogP contribution < -0.4 is 15.5 Å². The number of hydrogen-bond donors (Lipinski definition) is 2. The van der Waals surface area contributed by atoms with Gasteiger partial charge in [-0.15, -0.1) is 0 Å². The number of methoxy groups -OCH3 is 1. The van der Waals surface area contributed by atoms with Crippen LogP contribution in [0.4, 0.5) is 5.69 Å². The zero-order valence-electron chi connectivity index (χ0n) is 12.1. The Morgan fingerprint density at radius 1 is 1.18 bits per heavy atom. The maximum Gasteiger partial charge on any atom is 0.256 e. The summed E-state index contributed by atoms with van der Waals surface area (Å²) in [7, 11) is 1.63. The van der Waals surface area contributed by atoms with E-state index < -0.39 is 5.54 Å². The second-order valence-electron chi connectivity index (χ2n) is 5.48. The maximum absolute atomic E-state index is 12.5. The number of hydrazone groups is 1. The van der Waals surface area contributed by atoms with Gasteiger partial charge >= 0.3 is 0 Å². The average Bonchev–Trinajstić information content (AvgIpc) is 3.12. The fourth-order valence-electron chi connectivity index (χ4n) is 3.06. The Morgan fingerprint density at radius 3 is 2.91 bits per heavy atom. The van der Waals surface area contributed by atoms with E-state index in [-0.39, 0.29) is 5.91 Å². The van der Waals surface area contributed by atoms with Crippen LogP contribution in [0.3, 0.4) is 0 Å². The van der Waals surface area contributed by atoms with E-state index in [1.54, 1.807) is 7.11 Å². The van der Waals surface area contributed by atoms with Gasteiger partial charge in [0.2, 0.25) is 0 Å². The van der Waals surface area contributed by atoms with Crippen molar-refractivity contribution in [3.8, 4) is 5.75 Å². The SMILES string of the molecule is COc1cccc(C2=NN[C@@]3(C2)C(=O)Nc2ccccc23)c1. The number of benzene rings is 2. The molecule has 1 amide bonds. The zero-order chi connectivity index (χ0) is 15.2. The minimum absolute atomic E-state index is 0.0599. The van der Waals surface area contributed by atoms with Crippen LogP contribution in [0.5, 0.6) is 5.75 Å². The van der Waals surface area contributed by atoms with Crippen molar-refractivity contribution >= 4 is 17.3 Å². The van der Waals surface area contributed by atoms with Crippen LogP contribution >= 0.6 is 0 Å². The summed E-state index contributed by atoms with van der Waals surface area (Å²) in [5, 5.41) is 7.34. The number of hydrogen-bond acceptors (Lipinski definition) is 4. The lowest BCUT2D eigenvalue weighted by Crippen LogP contribution is -2.42. The molecule has 110 valence electrons. The molecule has 4 rings (SSSR count). The number of fused-ring (bicyclic) bond motifs is 2. The minimum atomic E-state index is -0.797. The molecule has 0 radical (unpaired) electrons. The van der Waals surface area contributed by atoms with E-state index in [1.807, 2.05) is 48.5 Å². The third-order valence-corrected chi connectivity index (χ3v) is 4.24. The molecule has 22 heavy (non-hydrogen) atoms. The number of carbonyl (C=O) groups excluding carboxylic acids is 1. The van der Waals surface area contributed by atoms with Crippen molar-refractivity contribution in [1.82, 2.24) is 5.43 Å². The first-order chi connectivity index (χ1) is 10.7. The first-order valence-electron chi connectivity index (χ1n) is 7.12. The van der Waals surface area contributed by atoms with Crippen LogP contribution in [-0.2, 0) is 10.3 Å². The smallest absolute Gasteiger partial charge is 0.256 e. The fraction of sp³-hybridized carbons (Fsp3) is 0.176. The standard InChI is InChI=1S/C17H15N3O2/c1-22-12-6-4-5-11(9-12)15-10-17(20-19-15)13-7-2-3-8-14(13)18-16(17)21/h2-9,20H,10H2,1H3,(H,18,21)/t17-/m1/s1. The van der Waals surface area contributed by atoms with Gasteiger partial charge < -0.3 is 10.1 Å². The highest BCUT2D eigenvalue weighted by Gasteiger charge is 2.50. The van der Waals surface area contributed by atoms with Crippen LogP contribution in [-0.4, -0.2) is 18.7 Å². The highest BCUT2D eigenvalue weighted by molar-refractivity contribution is 6.13. The molecule has 0 unspecified atom stereocenters. The second kappa shape index (κ2) is 4.59. The number of nitrogens with zero attached hydrogens (tertiary/aromatic N) is 1. The highest BCUT2D eigenvalue weighted by atomic mass is 16.5. The molecule has 5 nitrogen and oxygen atoms in total. The summed E-state index contributed by atoms with van der Waals surface area (Å²) in [4.78, 5) is 12.5. The van der Waals surface area contributed by atoms with Gasteiger partial charge in [-0.2, -0.15) is 5.10 Å². The Morgan fingerprint density at radius 2 is 2.05 bits per heavy atom. The van der Waals surface area contributed by atoms with Crippen LogP contribution in [0, 0.1) is 0 Å². The quantitative estimate of drug-likeness (QED) is 0.892. The molecule has 1 spiro atoms. The van der Waals surface area contributed by atoms with Crippen molar-refractivity contribution < 1.29 is 9.53 Å². The molecule has 2 aromatic rings. The van der Waals surface area contributed by atoms with Gasteiger partial charge in [-0.1, -0.05) is 30.3 Å². The van der Waals surface area contributed by atoms with Gasteiger partial charge in [-0.05, 0) is 18.2 Å². The van der Waals surface area contributed by atoms with Gasteiger partial charge in [0.1, 0.15) is 5.75 Å². The Balaban J connectivity index is 1.71. The highest BCUT2D eigenvalue weighted by Crippen LogP contribution is 2.41. The number of anilines is 1. The molecule has 0 bridgehead atoms. The van der Waals surface area contributed by atoms with Crippen molar-refractivity contribution in [2.45, 2.75) is 12.0 Å². The second-order valence-corrected chi connectivity index (χ2v) is 5.48. The number of amides is 1. The van der Waals surface area contributed by atoms with E-state index in [0.717, 1.165) is 28.3 Å². The Labute approximate surface area is 128 Å². The molecular formula is C17H15N3O2.